The molecule has 1 aromatic rings. The molecular formula is C9H11ClO2. The summed E-state index contributed by atoms with van der Waals surface area (Å²) in [7, 11) is 0. The molecule has 1 unspecified atom stereocenters. The van der Waals surface area contributed by atoms with E-state index in [1.165, 1.54) is 0 Å². The van der Waals surface area contributed by atoms with Crippen LogP contribution in [0.3, 0.4) is 0 Å². The minimum Gasteiger partial charge on any atom is -0.506 e. The summed E-state index contributed by atoms with van der Waals surface area (Å²) in [6.07, 6.45) is -0.554. The lowest BCUT2D eigenvalue weighted by Crippen LogP contribution is -1.91. The summed E-state index contributed by atoms with van der Waals surface area (Å²) in [4.78, 5) is 0. The van der Waals surface area contributed by atoms with Gasteiger partial charge in [-0.2, -0.15) is 0 Å². The first-order valence-electron chi connectivity index (χ1n) is 3.69. The maximum atomic E-state index is 9.30. The van der Waals surface area contributed by atoms with Crippen LogP contribution in [0, 0.1) is 6.92 Å². The van der Waals surface area contributed by atoms with Crippen LogP contribution in [0.25, 0.3) is 0 Å². The number of hydrogen-bond acceptors (Lipinski definition) is 2. The predicted molar refractivity (Wildman–Crippen MR) is 48.5 cm³/mol. The maximum absolute atomic E-state index is 9.30. The summed E-state index contributed by atoms with van der Waals surface area (Å²) in [6, 6.07) is 3.28. The van der Waals surface area contributed by atoms with E-state index in [2.05, 4.69) is 0 Å². The van der Waals surface area contributed by atoms with Crippen molar-refractivity contribution in [3.8, 4) is 5.75 Å². The number of phenols is 1. The first kappa shape index (κ1) is 9.36. The fourth-order valence-corrected chi connectivity index (χ4v) is 1.28. The lowest BCUT2D eigenvalue weighted by molar-refractivity contribution is 0.199. The van der Waals surface area contributed by atoms with Crippen LogP contribution >= 0.6 is 11.6 Å². The number of aliphatic hydroxyl groups excluding tert-OH is 1. The zero-order chi connectivity index (χ0) is 9.30. The summed E-state index contributed by atoms with van der Waals surface area (Å²) in [5, 5.41) is 18.8. The van der Waals surface area contributed by atoms with E-state index in [1.54, 1.807) is 26.0 Å². The van der Waals surface area contributed by atoms with Crippen molar-refractivity contribution in [2.75, 3.05) is 0 Å². The molecule has 0 saturated heterocycles. The topological polar surface area (TPSA) is 40.5 Å². The average molecular weight is 187 g/mol. The highest BCUT2D eigenvalue weighted by Crippen LogP contribution is 2.30. The van der Waals surface area contributed by atoms with Crippen molar-refractivity contribution in [2.24, 2.45) is 0 Å². The molecule has 1 rings (SSSR count). The standard InChI is InChI=1S/C9H11ClO2/c1-5-3-7(6(2)11)4-8(10)9(5)12/h3-4,6,11-12H,1-2H3. The Bertz CT molecular complexity index is 272. The van der Waals surface area contributed by atoms with Crippen LogP contribution in [0.15, 0.2) is 12.1 Å². The third kappa shape index (κ3) is 1.71. The molecule has 1 aromatic carbocycles. The molecule has 0 aliphatic heterocycles. The molecule has 0 heterocycles. The number of phenolic OH excluding ortho intramolecular Hbond substituents is 1. The Kier molecular flexibility index (Phi) is 2.60. The van der Waals surface area contributed by atoms with Gasteiger partial charge in [-0.1, -0.05) is 11.6 Å². The van der Waals surface area contributed by atoms with Crippen molar-refractivity contribution in [2.45, 2.75) is 20.0 Å². The molecule has 1 atom stereocenters. The number of aliphatic hydroxyl groups is 1. The number of halogens is 1. The van der Waals surface area contributed by atoms with Gasteiger partial charge in [0.1, 0.15) is 5.75 Å². The van der Waals surface area contributed by atoms with Gasteiger partial charge in [-0.15, -0.1) is 0 Å². The van der Waals surface area contributed by atoms with Gasteiger partial charge in [0.05, 0.1) is 11.1 Å². The fourth-order valence-electron chi connectivity index (χ4n) is 1.00. The minimum absolute atomic E-state index is 0.0843. The molecule has 0 radical (unpaired) electrons. The van der Waals surface area contributed by atoms with E-state index in [4.69, 9.17) is 11.6 Å². The lowest BCUT2D eigenvalue weighted by Gasteiger charge is -2.08. The summed E-state index contributed by atoms with van der Waals surface area (Å²) < 4.78 is 0. The SMILES string of the molecule is Cc1cc(C(C)O)cc(Cl)c1O. The van der Waals surface area contributed by atoms with Gasteiger partial charge in [-0.05, 0) is 37.1 Å². The molecule has 0 aliphatic carbocycles. The first-order chi connectivity index (χ1) is 5.52. The Labute approximate surface area is 76.4 Å². The molecule has 0 saturated carbocycles. The Morgan fingerprint density at radius 2 is 2.00 bits per heavy atom. The van der Waals surface area contributed by atoms with Gasteiger partial charge in [0.25, 0.3) is 0 Å². The molecular weight excluding hydrogens is 176 g/mol. The van der Waals surface area contributed by atoms with Gasteiger partial charge < -0.3 is 10.2 Å². The highest BCUT2D eigenvalue weighted by atomic mass is 35.5. The van der Waals surface area contributed by atoms with Crippen molar-refractivity contribution < 1.29 is 10.2 Å². The summed E-state index contributed by atoms with van der Waals surface area (Å²) >= 11 is 5.70. The van der Waals surface area contributed by atoms with E-state index in [9.17, 15) is 10.2 Å². The number of benzene rings is 1. The Morgan fingerprint density at radius 1 is 1.42 bits per heavy atom. The van der Waals surface area contributed by atoms with Crippen molar-refractivity contribution >= 4 is 11.6 Å². The van der Waals surface area contributed by atoms with Gasteiger partial charge >= 0.3 is 0 Å². The second-order valence-corrected chi connectivity index (χ2v) is 3.25. The van der Waals surface area contributed by atoms with Crippen LogP contribution in [0.4, 0.5) is 0 Å². The number of rotatable bonds is 1. The molecule has 0 bridgehead atoms. The van der Waals surface area contributed by atoms with Crippen LogP contribution in [-0.4, -0.2) is 10.2 Å². The van der Waals surface area contributed by atoms with Crippen molar-refractivity contribution in [1.29, 1.82) is 0 Å². The second-order valence-electron chi connectivity index (χ2n) is 2.84. The van der Waals surface area contributed by atoms with E-state index in [0.29, 0.717) is 5.56 Å². The maximum Gasteiger partial charge on any atom is 0.137 e. The van der Waals surface area contributed by atoms with Gasteiger partial charge in [0.2, 0.25) is 0 Å². The van der Waals surface area contributed by atoms with Gasteiger partial charge in [-0.25, -0.2) is 0 Å². The molecule has 3 heteroatoms. The van der Waals surface area contributed by atoms with E-state index < -0.39 is 6.10 Å². The summed E-state index contributed by atoms with van der Waals surface area (Å²) in [5.74, 6) is 0.0843. The van der Waals surface area contributed by atoms with Gasteiger partial charge in [-0.3, -0.25) is 0 Å². The highest BCUT2D eigenvalue weighted by Gasteiger charge is 2.07. The lowest BCUT2D eigenvalue weighted by atomic mass is 10.1. The Balaban J connectivity index is 3.21. The highest BCUT2D eigenvalue weighted by molar-refractivity contribution is 6.32. The number of aryl methyl sites for hydroxylation is 1. The zero-order valence-corrected chi connectivity index (χ0v) is 7.76. The van der Waals surface area contributed by atoms with Crippen LogP contribution in [0.1, 0.15) is 24.2 Å². The zero-order valence-electron chi connectivity index (χ0n) is 7.00. The molecule has 0 amide bonds. The number of aromatic hydroxyl groups is 1. The van der Waals surface area contributed by atoms with Gasteiger partial charge in [0.15, 0.2) is 0 Å². The van der Waals surface area contributed by atoms with Crippen LogP contribution in [-0.2, 0) is 0 Å². The molecule has 0 aliphatic rings. The molecule has 0 spiro atoms. The minimum atomic E-state index is -0.554. The van der Waals surface area contributed by atoms with E-state index in [1.807, 2.05) is 0 Å². The third-order valence-corrected chi connectivity index (χ3v) is 2.05. The van der Waals surface area contributed by atoms with Crippen LogP contribution in [0.2, 0.25) is 5.02 Å². The predicted octanol–water partition coefficient (Wildman–Crippen LogP) is 2.41. The van der Waals surface area contributed by atoms with Crippen molar-refractivity contribution in [3.05, 3.63) is 28.3 Å². The summed E-state index contributed by atoms with van der Waals surface area (Å²) in [6.45, 7) is 3.40. The molecule has 0 fully saturated rings. The van der Waals surface area contributed by atoms with E-state index in [0.717, 1.165) is 5.56 Å². The van der Waals surface area contributed by atoms with Gasteiger partial charge in [0, 0.05) is 0 Å². The Morgan fingerprint density at radius 3 is 2.42 bits per heavy atom. The molecule has 0 aromatic heterocycles. The van der Waals surface area contributed by atoms with Crippen LogP contribution < -0.4 is 0 Å². The third-order valence-electron chi connectivity index (χ3n) is 1.76. The Hall–Kier alpha value is -0.730. The molecule has 12 heavy (non-hydrogen) atoms. The number of hydrogen-bond donors (Lipinski definition) is 2. The normalized spacial score (nSPS) is 13.0. The largest absolute Gasteiger partial charge is 0.506 e. The fraction of sp³-hybridized carbons (Fsp3) is 0.333. The van der Waals surface area contributed by atoms with Crippen molar-refractivity contribution in [3.63, 3.8) is 0 Å². The van der Waals surface area contributed by atoms with E-state index >= 15 is 0 Å². The molecule has 2 nitrogen and oxygen atoms in total. The van der Waals surface area contributed by atoms with Crippen LogP contribution in [0.5, 0.6) is 5.75 Å². The first-order valence-corrected chi connectivity index (χ1v) is 4.07. The second kappa shape index (κ2) is 3.33. The molecule has 66 valence electrons. The monoisotopic (exact) mass is 186 g/mol. The van der Waals surface area contributed by atoms with Crippen molar-refractivity contribution in [1.82, 2.24) is 0 Å². The average Bonchev–Trinajstić information content (AvgIpc) is 1.99. The smallest absolute Gasteiger partial charge is 0.137 e. The summed E-state index contributed by atoms with van der Waals surface area (Å²) in [5.41, 5.74) is 1.40. The quantitative estimate of drug-likeness (QED) is 0.707. The van der Waals surface area contributed by atoms with E-state index in [-0.39, 0.29) is 10.8 Å². The molecule has 2 N–H and O–H groups in total.